The van der Waals surface area contributed by atoms with Crippen LogP contribution in [0.4, 0.5) is 0 Å². The van der Waals surface area contributed by atoms with Crippen LogP contribution in [0.3, 0.4) is 0 Å². The predicted octanol–water partition coefficient (Wildman–Crippen LogP) is 1.18. The van der Waals surface area contributed by atoms with Crippen LogP contribution in [0.25, 0.3) is 0 Å². The Morgan fingerprint density at radius 1 is 1.35 bits per heavy atom. The Labute approximate surface area is 102 Å². The third-order valence-electron chi connectivity index (χ3n) is 2.16. The number of carbonyl (C=O) groups excluding carboxylic acids is 1. The average Bonchev–Trinajstić information content (AvgIpc) is 2.22. The summed E-state index contributed by atoms with van der Waals surface area (Å²) in [5.74, 6) is 0.458. The van der Waals surface area contributed by atoms with Gasteiger partial charge in [-0.25, -0.2) is 0 Å². The topological polar surface area (TPSA) is 58.6 Å². The van der Waals surface area contributed by atoms with Crippen LogP contribution in [0, 0.1) is 13.8 Å². The first kappa shape index (κ1) is 13.5. The third kappa shape index (κ3) is 5.36. The molecule has 0 aromatic heterocycles. The highest BCUT2D eigenvalue weighted by molar-refractivity contribution is 5.77. The van der Waals surface area contributed by atoms with Gasteiger partial charge in [-0.15, -0.1) is 0 Å². The van der Waals surface area contributed by atoms with Crippen molar-refractivity contribution in [2.75, 3.05) is 13.2 Å². The zero-order chi connectivity index (χ0) is 12.8. The van der Waals surface area contributed by atoms with Crippen molar-refractivity contribution < 1.29 is 14.6 Å². The number of aliphatic hydroxyl groups is 1. The summed E-state index contributed by atoms with van der Waals surface area (Å²) in [6.45, 7) is 5.79. The van der Waals surface area contributed by atoms with Gasteiger partial charge in [0.05, 0.1) is 6.10 Å². The second kappa shape index (κ2) is 6.25. The maximum Gasteiger partial charge on any atom is 0.258 e. The smallest absolute Gasteiger partial charge is 0.258 e. The van der Waals surface area contributed by atoms with E-state index in [0.717, 1.165) is 11.1 Å². The molecule has 1 atom stereocenters. The molecule has 2 N–H and O–H groups in total. The Kier molecular flexibility index (Phi) is 4.97. The first-order valence-electron chi connectivity index (χ1n) is 5.63. The number of aliphatic hydroxyl groups excluding tert-OH is 1. The van der Waals surface area contributed by atoms with Gasteiger partial charge >= 0.3 is 0 Å². The molecule has 0 aliphatic carbocycles. The minimum absolute atomic E-state index is 0.0321. The van der Waals surface area contributed by atoms with Crippen LogP contribution >= 0.6 is 0 Å². The van der Waals surface area contributed by atoms with E-state index in [-0.39, 0.29) is 19.1 Å². The lowest BCUT2D eigenvalue weighted by atomic mass is 10.1. The normalized spacial score (nSPS) is 12.0. The Bertz CT molecular complexity index is 368. The number of nitrogens with one attached hydrogen (secondary N) is 1. The van der Waals surface area contributed by atoms with Crippen LogP contribution in [0.1, 0.15) is 18.1 Å². The van der Waals surface area contributed by atoms with E-state index in [0.29, 0.717) is 5.75 Å². The molecule has 17 heavy (non-hydrogen) atoms. The number of carbonyl (C=O) groups is 1. The average molecular weight is 237 g/mol. The largest absolute Gasteiger partial charge is 0.484 e. The Morgan fingerprint density at radius 3 is 2.47 bits per heavy atom. The fraction of sp³-hybridized carbons (Fsp3) is 0.462. The number of ether oxygens (including phenoxy) is 1. The van der Waals surface area contributed by atoms with Gasteiger partial charge in [0.25, 0.3) is 5.91 Å². The molecule has 4 nitrogen and oxygen atoms in total. The first-order valence-corrected chi connectivity index (χ1v) is 5.63. The van der Waals surface area contributed by atoms with E-state index >= 15 is 0 Å². The van der Waals surface area contributed by atoms with Gasteiger partial charge in [0.15, 0.2) is 6.61 Å². The van der Waals surface area contributed by atoms with Gasteiger partial charge in [0.2, 0.25) is 0 Å². The van der Waals surface area contributed by atoms with Crippen molar-refractivity contribution in [2.24, 2.45) is 0 Å². The van der Waals surface area contributed by atoms with Crippen molar-refractivity contribution in [1.29, 1.82) is 0 Å². The van der Waals surface area contributed by atoms with E-state index in [2.05, 4.69) is 5.32 Å². The number of benzene rings is 1. The summed E-state index contributed by atoms with van der Waals surface area (Å²) in [5.41, 5.74) is 2.20. The molecular weight excluding hydrogens is 218 g/mol. The molecule has 0 saturated heterocycles. The summed E-state index contributed by atoms with van der Waals surface area (Å²) in [5, 5.41) is 11.6. The summed E-state index contributed by atoms with van der Waals surface area (Å²) >= 11 is 0. The maximum absolute atomic E-state index is 11.3. The lowest BCUT2D eigenvalue weighted by Crippen LogP contribution is -2.34. The van der Waals surface area contributed by atoms with Gasteiger partial charge in [-0.2, -0.15) is 0 Å². The van der Waals surface area contributed by atoms with E-state index in [4.69, 9.17) is 9.84 Å². The summed E-state index contributed by atoms with van der Waals surface area (Å²) < 4.78 is 5.37. The van der Waals surface area contributed by atoms with E-state index in [1.165, 1.54) is 0 Å². The van der Waals surface area contributed by atoms with Gasteiger partial charge in [-0.3, -0.25) is 4.79 Å². The Balaban J connectivity index is 2.42. The highest BCUT2D eigenvalue weighted by Crippen LogP contribution is 2.15. The molecule has 0 spiro atoms. The van der Waals surface area contributed by atoms with Crippen molar-refractivity contribution >= 4 is 5.91 Å². The van der Waals surface area contributed by atoms with E-state index in [9.17, 15) is 4.79 Å². The van der Waals surface area contributed by atoms with Crippen LogP contribution < -0.4 is 10.1 Å². The van der Waals surface area contributed by atoms with Crippen LogP contribution in [0.2, 0.25) is 0 Å². The molecule has 1 aromatic carbocycles. The molecule has 0 heterocycles. The minimum atomic E-state index is -0.542. The fourth-order valence-corrected chi connectivity index (χ4v) is 1.48. The van der Waals surface area contributed by atoms with Crippen molar-refractivity contribution in [2.45, 2.75) is 26.9 Å². The standard InChI is InChI=1S/C13H19NO3/c1-9-4-10(2)6-12(5-9)17-8-13(16)14-7-11(3)15/h4-6,11,15H,7-8H2,1-3H3,(H,14,16)/t11-/m0/s1. The van der Waals surface area contributed by atoms with Crippen molar-refractivity contribution in [3.8, 4) is 5.75 Å². The highest BCUT2D eigenvalue weighted by atomic mass is 16.5. The molecule has 0 aliphatic rings. The number of hydrogen-bond donors (Lipinski definition) is 2. The summed E-state index contributed by atoms with van der Waals surface area (Å²) in [7, 11) is 0. The van der Waals surface area contributed by atoms with E-state index < -0.39 is 6.10 Å². The highest BCUT2D eigenvalue weighted by Gasteiger charge is 2.04. The molecule has 1 rings (SSSR count). The molecule has 0 radical (unpaired) electrons. The lowest BCUT2D eigenvalue weighted by Gasteiger charge is -2.09. The Morgan fingerprint density at radius 2 is 1.94 bits per heavy atom. The van der Waals surface area contributed by atoms with Gasteiger partial charge in [-0.05, 0) is 44.0 Å². The summed E-state index contributed by atoms with van der Waals surface area (Å²) in [6.07, 6.45) is -0.542. The molecule has 0 fully saturated rings. The van der Waals surface area contributed by atoms with Gasteiger partial charge < -0.3 is 15.2 Å². The van der Waals surface area contributed by atoms with Crippen LogP contribution in [0.5, 0.6) is 5.75 Å². The monoisotopic (exact) mass is 237 g/mol. The zero-order valence-electron chi connectivity index (χ0n) is 10.5. The second-order valence-electron chi connectivity index (χ2n) is 4.27. The molecule has 0 saturated carbocycles. The molecule has 1 amide bonds. The maximum atomic E-state index is 11.3. The van der Waals surface area contributed by atoms with Gasteiger partial charge in [0.1, 0.15) is 5.75 Å². The summed E-state index contributed by atoms with van der Waals surface area (Å²) in [4.78, 5) is 11.3. The van der Waals surface area contributed by atoms with Crippen LogP contribution in [0.15, 0.2) is 18.2 Å². The molecule has 1 aromatic rings. The fourth-order valence-electron chi connectivity index (χ4n) is 1.48. The van der Waals surface area contributed by atoms with Gasteiger partial charge in [0, 0.05) is 6.54 Å². The lowest BCUT2D eigenvalue weighted by molar-refractivity contribution is -0.123. The van der Waals surface area contributed by atoms with Crippen LogP contribution in [-0.4, -0.2) is 30.3 Å². The third-order valence-corrected chi connectivity index (χ3v) is 2.16. The number of aryl methyl sites for hydroxylation is 2. The number of hydrogen-bond acceptors (Lipinski definition) is 3. The van der Waals surface area contributed by atoms with E-state index in [1.807, 2.05) is 32.0 Å². The van der Waals surface area contributed by atoms with Crippen molar-refractivity contribution in [1.82, 2.24) is 5.32 Å². The van der Waals surface area contributed by atoms with E-state index in [1.54, 1.807) is 6.92 Å². The molecule has 0 unspecified atom stereocenters. The van der Waals surface area contributed by atoms with Crippen molar-refractivity contribution in [3.05, 3.63) is 29.3 Å². The molecule has 94 valence electrons. The zero-order valence-corrected chi connectivity index (χ0v) is 10.5. The summed E-state index contributed by atoms with van der Waals surface area (Å²) in [6, 6.07) is 5.81. The second-order valence-corrected chi connectivity index (χ2v) is 4.27. The number of rotatable bonds is 5. The molecule has 0 bridgehead atoms. The Hall–Kier alpha value is -1.55. The van der Waals surface area contributed by atoms with Crippen molar-refractivity contribution in [3.63, 3.8) is 0 Å². The molecule has 0 aliphatic heterocycles. The first-order chi connectivity index (χ1) is 7.97. The van der Waals surface area contributed by atoms with Crippen LogP contribution in [-0.2, 0) is 4.79 Å². The quantitative estimate of drug-likeness (QED) is 0.808. The number of amides is 1. The van der Waals surface area contributed by atoms with Gasteiger partial charge in [-0.1, -0.05) is 6.07 Å². The molecule has 4 heteroatoms. The molecular formula is C13H19NO3. The SMILES string of the molecule is Cc1cc(C)cc(OCC(=O)NC[C@H](C)O)c1. The minimum Gasteiger partial charge on any atom is -0.484 e. The predicted molar refractivity (Wildman–Crippen MR) is 66.1 cm³/mol.